The Hall–Kier alpha value is -0.0400. The number of unbranched alkanes of at least 4 members (excludes halogenated alkanes) is 59. The molecule has 0 aromatic rings. The first kappa shape index (κ1) is 63.0. The summed E-state index contributed by atoms with van der Waals surface area (Å²) in [6, 6.07) is 0. The molecule has 0 aliphatic rings. The maximum atomic E-state index is 8.83. The molecule has 1 N–H and O–H groups in total. The van der Waals surface area contributed by atoms with Gasteiger partial charge in [-0.25, -0.2) is 0 Å². The van der Waals surface area contributed by atoms with Crippen LogP contribution in [0.4, 0.5) is 0 Å². The van der Waals surface area contributed by atoms with Gasteiger partial charge in [-0.2, -0.15) is 0 Å². The van der Waals surface area contributed by atoms with E-state index in [2.05, 4.69) is 6.92 Å². The van der Waals surface area contributed by atoms with Crippen molar-refractivity contribution in [2.75, 3.05) is 6.61 Å². The highest BCUT2D eigenvalue weighted by atomic mass is 16.2. The SMILES string of the molecule is CCCCCCCCCCCCCCCCCCCCCCCCCCCCCCCCCCCCCCCCCCCCCCCCCCCCCCCCCCCCCCO. The van der Waals surface area contributed by atoms with Gasteiger partial charge in [-0.1, -0.05) is 386 Å². The number of hydrogen-bond donors (Lipinski definition) is 1. The molecule has 0 saturated carbocycles. The van der Waals surface area contributed by atoms with Gasteiger partial charge in [0, 0.05) is 6.61 Å². The summed E-state index contributed by atoms with van der Waals surface area (Å²) in [5.41, 5.74) is 0. The average Bonchev–Trinajstić information content (AvgIpc) is 3.29. The Morgan fingerprint density at radius 1 is 0.127 bits per heavy atom. The molecule has 0 radical (unpaired) electrons. The van der Waals surface area contributed by atoms with E-state index in [0.717, 1.165) is 6.42 Å². The fourth-order valence-electron chi connectivity index (χ4n) is 10.4. The van der Waals surface area contributed by atoms with Gasteiger partial charge in [0.25, 0.3) is 0 Å². The molecule has 380 valence electrons. The van der Waals surface area contributed by atoms with Crippen LogP contribution in [-0.2, 0) is 0 Å². The number of hydrogen-bond acceptors (Lipinski definition) is 1. The van der Waals surface area contributed by atoms with Crippen molar-refractivity contribution in [1.29, 1.82) is 0 Å². The van der Waals surface area contributed by atoms with Gasteiger partial charge in [-0.15, -0.1) is 0 Å². The minimum atomic E-state index is 0.375. The zero-order chi connectivity index (χ0) is 45.1. The lowest BCUT2D eigenvalue weighted by molar-refractivity contribution is 0.282. The third-order valence-corrected chi connectivity index (χ3v) is 15.0. The van der Waals surface area contributed by atoms with Gasteiger partial charge in [0.05, 0.1) is 0 Å². The predicted octanol–water partition coefficient (Wildman–Crippen LogP) is 23.4. The minimum absolute atomic E-state index is 0.375. The van der Waals surface area contributed by atoms with Crippen molar-refractivity contribution in [3.8, 4) is 0 Å². The molecule has 63 heavy (non-hydrogen) atoms. The van der Waals surface area contributed by atoms with Crippen LogP contribution in [0, 0.1) is 0 Å². The third-order valence-electron chi connectivity index (χ3n) is 15.0. The first-order valence-corrected chi connectivity index (χ1v) is 31.0. The molecule has 1 nitrogen and oxygen atoms in total. The van der Waals surface area contributed by atoms with Crippen molar-refractivity contribution < 1.29 is 5.11 Å². The van der Waals surface area contributed by atoms with E-state index in [9.17, 15) is 0 Å². The van der Waals surface area contributed by atoms with Gasteiger partial charge < -0.3 is 5.11 Å². The van der Waals surface area contributed by atoms with E-state index in [1.54, 1.807) is 0 Å². The summed E-state index contributed by atoms with van der Waals surface area (Å²) < 4.78 is 0. The zero-order valence-corrected chi connectivity index (χ0v) is 44.6. The Labute approximate surface area is 402 Å². The quantitative estimate of drug-likeness (QED) is 0.0604. The maximum Gasteiger partial charge on any atom is 0.0431 e. The smallest absolute Gasteiger partial charge is 0.0431 e. The van der Waals surface area contributed by atoms with Crippen molar-refractivity contribution >= 4 is 0 Å². The maximum absolute atomic E-state index is 8.83. The fraction of sp³-hybridized carbons (Fsp3) is 1.00. The van der Waals surface area contributed by atoms with Crippen molar-refractivity contribution in [1.82, 2.24) is 0 Å². The van der Waals surface area contributed by atoms with Crippen LogP contribution in [0.5, 0.6) is 0 Å². The van der Waals surface area contributed by atoms with Crippen LogP contribution in [-0.4, -0.2) is 11.7 Å². The molecule has 0 spiro atoms. The first-order valence-electron chi connectivity index (χ1n) is 31.0. The van der Waals surface area contributed by atoms with Crippen molar-refractivity contribution in [3.05, 3.63) is 0 Å². The van der Waals surface area contributed by atoms with E-state index >= 15 is 0 Å². The van der Waals surface area contributed by atoms with Crippen LogP contribution in [0.25, 0.3) is 0 Å². The molecule has 0 heterocycles. The Morgan fingerprint density at radius 3 is 0.286 bits per heavy atom. The number of rotatable bonds is 60. The lowest BCUT2D eigenvalue weighted by Crippen LogP contribution is -1.85. The van der Waals surface area contributed by atoms with Crippen LogP contribution >= 0.6 is 0 Å². The Morgan fingerprint density at radius 2 is 0.206 bits per heavy atom. The molecule has 0 atom stereocenters. The number of aliphatic hydroxyl groups is 1. The summed E-state index contributed by atoms with van der Waals surface area (Å²) in [5.74, 6) is 0. The normalized spacial score (nSPS) is 11.7. The number of aliphatic hydroxyl groups excluding tert-OH is 1. The van der Waals surface area contributed by atoms with Crippen LogP contribution < -0.4 is 0 Å². The summed E-state index contributed by atoms with van der Waals surface area (Å²) in [6.07, 6.45) is 88.0. The van der Waals surface area contributed by atoms with Gasteiger partial charge in [0.15, 0.2) is 0 Å². The molecule has 0 aliphatic heterocycles. The lowest BCUT2D eigenvalue weighted by atomic mass is 10.0. The summed E-state index contributed by atoms with van der Waals surface area (Å²) in [7, 11) is 0. The molecule has 1 heteroatoms. The minimum Gasteiger partial charge on any atom is -0.396 e. The predicted molar refractivity (Wildman–Crippen MR) is 290 cm³/mol. The molecule has 0 aromatic carbocycles. The molecular weight excluding hydrogens is 761 g/mol. The van der Waals surface area contributed by atoms with E-state index in [1.165, 1.54) is 379 Å². The summed E-state index contributed by atoms with van der Waals surface area (Å²) in [5, 5.41) is 8.83. The molecule has 0 rings (SSSR count). The second-order valence-corrected chi connectivity index (χ2v) is 21.6. The van der Waals surface area contributed by atoms with Crippen molar-refractivity contribution in [2.24, 2.45) is 0 Å². The summed E-state index contributed by atoms with van der Waals surface area (Å²) in [4.78, 5) is 0. The standard InChI is InChI=1S/C62H126O/c1-2-3-4-5-6-7-8-9-10-11-12-13-14-15-16-17-18-19-20-21-22-23-24-25-26-27-28-29-30-31-32-33-34-35-36-37-38-39-40-41-42-43-44-45-46-47-48-49-50-51-52-53-54-55-56-57-58-59-60-61-62-63/h63H,2-62H2,1H3. The summed E-state index contributed by atoms with van der Waals surface area (Å²) >= 11 is 0. The van der Waals surface area contributed by atoms with Gasteiger partial charge in [0.2, 0.25) is 0 Å². The van der Waals surface area contributed by atoms with Gasteiger partial charge in [0.1, 0.15) is 0 Å². The van der Waals surface area contributed by atoms with Crippen LogP contribution in [0.2, 0.25) is 0 Å². The molecule has 0 aliphatic carbocycles. The van der Waals surface area contributed by atoms with Crippen molar-refractivity contribution in [2.45, 2.75) is 392 Å². The fourth-order valence-corrected chi connectivity index (χ4v) is 10.4. The highest BCUT2D eigenvalue weighted by Gasteiger charge is 2.00. The van der Waals surface area contributed by atoms with Gasteiger partial charge >= 0.3 is 0 Å². The lowest BCUT2D eigenvalue weighted by Gasteiger charge is -2.05. The van der Waals surface area contributed by atoms with E-state index in [0.29, 0.717) is 6.61 Å². The van der Waals surface area contributed by atoms with E-state index in [-0.39, 0.29) is 0 Å². The van der Waals surface area contributed by atoms with Crippen LogP contribution in [0.1, 0.15) is 392 Å². The van der Waals surface area contributed by atoms with E-state index < -0.39 is 0 Å². The largest absolute Gasteiger partial charge is 0.396 e. The second-order valence-electron chi connectivity index (χ2n) is 21.6. The zero-order valence-electron chi connectivity index (χ0n) is 44.6. The topological polar surface area (TPSA) is 20.2 Å². The first-order chi connectivity index (χ1) is 31.4. The van der Waals surface area contributed by atoms with Crippen molar-refractivity contribution in [3.63, 3.8) is 0 Å². The average molecular weight is 888 g/mol. The van der Waals surface area contributed by atoms with Gasteiger partial charge in [-0.05, 0) is 6.42 Å². The Bertz CT molecular complexity index is 671. The molecule has 0 saturated heterocycles. The molecular formula is C62H126O. The highest BCUT2D eigenvalue weighted by Crippen LogP contribution is 2.20. The Balaban J connectivity index is 3.06. The highest BCUT2D eigenvalue weighted by molar-refractivity contribution is 4.56. The van der Waals surface area contributed by atoms with Crippen LogP contribution in [0.3, 0.4) is 0 Å². The molecule has 0 amide bonds. The van der Waals surface area contributed by atoms with E-state index in [4.69, 9.17) is 5.11 Å². The monoisotopic (exact) mass is 887 g/mol. The summed E-state index contributed by atoms with van der Waals surface area (Å²) in [6.45, 7) is 2.69. The molecule has 0 bridgehead atoms. The molecule has 0 aromatic heterocycles. The Kier molecular flexibility index (Phi) is 61.9. The molecule has 0 unspecified atom stereocenters. The van der Waals surface area contributed by atoms with E-state index in [1.807, 2.05) is 0 Å². The molecule has 0 fully saturated rings. The van der Waals surface area contributed by atoms with Gasteiger partial charge in [-0.3, -0.25) is 0 Å². The second kappa shape index (κ2) is 62.0. The third kappa shape index (κ3) is 62.0. The van der Waals surface area contributed by atoms with Crippen LogP contribution in [0.15, 0.2) is 0 Å².